The molecule has 3 aromatic rings. The maximum Gasteiger partial charge on any atom is 0.278 e. The molecule has 186 valence electrons. The Morgan fingerprint density at radius 1 is 1.22 bits per heavy atom. The standard InChI is InChI=1S/C25H21BrCl2N4O4/c1-15-24(26)20(13-34-2)19(10-29)25(31-15)36-14-23(33)32-30-11-16-5-3-4-6-22(16)35-12-17-7-8-18(27)9-21(17)28/h3-9,11H,12-14H2,1-2H3,(H,32,33)/b30-11+. The lowest BCUT2D eigenvalue weighted by molar-refractivity contribution is -0.123. The number of halogens is 3. The van der Waals surface area contributed by atoms with Crippen LogP contribution in [0.15, 0.2) is 52.0 Å². The Bertz CT molecular complexity index is 1330. The summed E-state index contributed by atoms with van der Waals surface area (Å²) in [5.41, 5.74) is 5.20. The highest BCUT2D eigenvalue weighted by molar-refractivity contribution is 9.10. The second-order valence-electron chi connectivity index (χ2n) is 7.36. The van der Waals surface area contributed by atoms with Crippen molar-refractivity contribution >= 4 is 51.3 Å². The molecule has 0 unspecified atom stereocenters. The van der Waals surface area contributed by atoms with Crippen LogP contribution in [0.2, 0.25) is 10.0 Å². The third kappa shape index (κ3) is 7.18. The molecular weight excluding hydrogens is 571 g/mol. The molecule has 3 rings (SSSR count). The lowest BCUT2D eigenvalue weighted by Crippen LogP contribution is -2.25. The van der Waals surface area contributed by atoms with E-state index in [1.807, 2.05) is 12.1 Å². The number of methoxy groups -OCH3 is 1. The fourth-order valence-electron chi connectivity index (χ4n) is 3.07. The van der Waals surface area contributed by atoms with Gasteiger partial charge in [-0.15, -0.1) is 0 Å². The Balaban J connectivity index is 1.61. The number of aromatic nitrogens is 1. The van der Waals surface area contributed by atoms with E-state index < -0.39 is 5.91 Å². The van der Waals surface area contributed by atoms with Crippen LogP contribution < -0.4 is 14.9 Å². The Labute approximate surface area is 226 Å². The Hall–Kier alpha value is -3.16. The van der Waals surface area contributed by atoms with Crippen molar-refractivity contribution in [2.75, 3.05) is 13.7 Å². The Morgan fingerprint density at radius 2 is 2.00 bits per heavy atom. The first kappa shape index (κ1) is 27.4. The van der Waals surface area contributed by atoms with Gasteiger partial charge in [-0.2, -0.15) is 10.4 Å². The molecule has 0 fully saturated rings. The van der Waals surface area contributed by atoms with E-state index in [4.69, 9.17) is 37.4 Å². The molecule has 0 saturated heterocycles. The van der Waals surface area contributed by atoms with Gasteiger partial charge >= 0.3 is 0 Å². The zero-order chi connectivity index (χ0) is 26.1. The number of pyridine rings is 1. The molecule has 0 spiro atoms. The van der Waals surface area contributed by atoms with Crippen LogP contribution in [0.5, 0.6) is 11.6 Å². The van der Waals surface area contributed by atoms with Crippen molar-refractivity contribution in [2.45, 2.75) is 20.1 Å². The number of amides is 1. The minimum atomic E-state index is -0.530. The molecule has 0 aliphatic rings. The van der Waals surface area contributed by atoms with Gasteiger partial charge in [0.1, 0.15) is 24.0 Å². The van der Waals surface area contributed by atoms with E-state index >= 15 is 0 Å². The number of hydrogen-bond acceptors (Lipinski definition) is 7. The Kier molecular flexibility index (Phi) is 10.1. The van der Waals surface area contributed by atoms with Crippen LogP contribution in [0, 0.1) is 18.3 Å². The molecule has 2 aromatic carbocycles. The van der Waals surface area contributed by atoms with Gasteiger partial charge in [0.25, 0.3) is 5.91 Å². The number of aryl methyl sites for hydroxylation is 1. The van der Waals surface area contributed by atoms with Crippen molar-refractivity contribution in [1.29, 1.82) is 5.26 Å². The van der Waals surface area contributed by atoms with Crippen molar-refractivity contribution in [3.05, 3.63) is 84.9 Å². The normalized spacial score (nSPS) is 10.8. The van der Waals surface area contributed by atoms with E-state index in [0.29, 0.717) is 37.1 Å². The minimum absolute atomic E-state index is 0.0454. The van der Waals surface area contributed by atoms with Crippen LogP contribution in [-0.2, 0) is 22.7 Å². The number of carbonyl (C=O) groups is 1. The molecule has 11 heteroatoms. The highest BCUT2D eigenvalue weighted by atomic mass is 79.9. The summed E-state index contributed by atoms with van der Waals surface area (Å²) < 4.78 is 17.2. The molecule has 0 atom stereocenters. The predicted octanol–water partition coefficient (Wildman–Crippen LogP) is 5.59. The second kappa shape index (κ2) is 13.2. The molecule has 1 aromatic heterocycles. The van der Waals surface area contributed by atoms with E-state index in [2.05, 4.69) is 37.5 Å². The first-order chi connectivity index (χ1) is 17.3. The van der Waals surface area contributed by atoms with Gasteiger partial charge < -0.3 is 14.2 Å². The van der Waals surface area contributed by atoms with E-state index in [9.17, 15) is 10.1 Å². The van der Waals surface area contributed by atoms with Crippen LogP contribution in [-0.4, -0.2) is 30.8 Å². The first-order valence-corrected chi connectivity index (χ1v) is 12.1. The van der Waals surface area contributed by atoms with Gasteiger partial charge in [-0.05, 0) is 47.1 Å². The maximum atomic E-state index is 12.3. The average Bonchev–Trinajstić information content (AvgIpc) is 2.86. The van der Waals surface area contributed by atoms with Gasteiger partial charge in [0, 0.05) is 38.3 Å². The molecule has 0 aliphatic heterocycles. The summed E-state index contributed by atoms with van der Waals surface area (Å²) in [6, 6.07) is 14.4. The molecule has 1 heterocycles. The summed E-state index contributed by atoms with van der Waals surface area (Å²) in [5.74, 6) is 0.0674. The molecular formula is C25H21BrCl2N4O4. The third-order valence-corrected chi connectivity index (χ3v) is 6.46. The number of nitrogens with zero attached hydrogens (tertiary/aromatic N) is 3. The average molecular weight is 592 g/mol. The van der Waals surface area contributed by atoms with Crippen molar-refractivity contribution < 1.29 is 19.0 Å². The van der Waals surface area contributed by atoms with Crippen LogP contribution in [0.25, 0.3) is 0 Å². The van der Waals surface area contributed by atoms with Gasteiger partial charge in [-0.1, -0.05) is 41.4 Å². The molecule has 0 radical (unpaired) electrons. The van der Waals surface area contributed by atoms with Gasteiger partial charge in [0.05, 0.1) is 18.5 Å². The van der Waals surface area contributed by atoms with Gasteiger partial charge in [0.2, 0.25) is 5.88 Å². The molecule has 36 heavy (non-hydrogen) atoms. The maximum absolute atomic E-state index is 12.3. The zero-order valence-electron chi connectivity index (χ0n) is 19.3. The monoisotopic (exact) mass is 590 g/mol. The molecule has 0 aliphatic carbocycles. The Morgan fingerprint density at radius 3 is 2.72 bits per heavy atom. The fraction of sp³-hybridized carbons (Fsp3) is 0.200. The largest absolute Gasteiger partial charge is 0.488 e. The summed E-state index contributed by atoms with van der Waals surface area (Å²) in [6.45, 7) is 1.78. The van der Waals surface area contributed by atoms with Crippen molar-refractivity contribution in [3.8, 4) is 17.7 Å². The summed E-state index contributed by atoms with van der Waals surface area (Å²) in [7, 11) is 1.52. The highest BCUT2D eigenvalue weighted by Gasteiger charge is 2.18. The molecule has 0 bridgehead atoms. The summed E-state index contributed by atoms with van der Waals surface area (Å²) in [5, 5.41) is 14.6. The second-order valence-corrected chi connectivity index (χ2v) is 9.00. The van der Waals surface area contributed by atoms with Crippen molar-refractivity contribution in [1.82, 2.24) is 10.4 Å². The van der Waals surface area contributed by atoms with Crippen LogP contribution >= 0.6 is 39.1 Å². The zero-order valence-corrected chi connectivity index (χ0v) is 22.4. The van der Waals surface area contributed by atoms with Gasteiger partial charge in [0.15, 0.2) is 6.61 Å². The van der Waals surface area contributed by atoms with Crippen LogP contribution in [0.1, 0.15) is 27.9 Å². The van der Waals surface area contributed by atoms with Crippen LogP contribution in [0.4, 0.5) is 0 Å². The predicted molar refractivity (Wildman–Crippen MR) is 141 cm³/mol. The number of rotatable bonds is 10. The number of nitrogens with one attached hydrogen (secondary N) is 1. The number of hydrazone groups is 1. The lowest BCUT2D eigenvalue weighted by atomic mass is 10.1. The number of hydrogen-bond donors (Lipinski definition) is 1. The SMILES string of the molecule is COCc1c(Br)c(C)nc(OCC(=O)N/N=C/c2ccccc2OCc2ccc(Cl)cc2Cl)c1C#N. The summed E-state index contributed by atoms with van der Waals surface area (Å²) in [6.07, 6.45) is 1.45. The number of nitriles is 1. The third-order valence-electron chi connectivity index (χ3n) is 4.82. The highest BCUT2D eigenvalue weighted by Crippen LogP contribution is 2.30. The summed E-state index contributed by atoms with van der Waals surface area (Å²) in [4.78, 5) is 16.5. The van der Waals surface area contributed by atoms with Gasteiger partial charge in [-0.3, -0.25) is 4.79 Å². The number of benzene rings is 2. The quantitative estimate of drug-likeness (QED) is 0.243. The van der Waals surface area contributed by atoms with E-state index in [1.165, 1.54) is 13.3 Å². The van der Waals surface area contributed by atoms with Gasteiger partial charge in [-0.25, -0.2) is 10.4 Å². The molecule has 8 nitrogen and oxygen atoms in total. The lowest BCUT2D eigenvalue weighted by Gasteiger charge is -2.13. The van der Waals surface area contributed by atoms with E-state index in [-0.39, 0.29) is 31.3 Å². The van der Waals surface area contributed by atoms with Crippen molar-refractivity contribution in [2.24, 2.45) is 5.10 Å². The number of para-hydroxylation sites is 1. The minimum Gasteiger partial charge on any atom is -0.488 e. The van der Waals surface area contributed by atoms with E-state index in [1.54, 1.807) is 37.3 Å². The topological polar surface area (TPSA) is 106 Å². The fourth-order valence-corrected chi connectivity index (χ4v) is 3.93. The van der Waals surface area contributed by atoms with E-state index in [0.717, 1.165) is 5.56 Å². The number of carbonyl (C=O) groups excluding carboxylic acids is 1. The molecule has 1 N–H and O–H groups in total. The summed E-state index contributed by atoms with van der Waals surface area (Å²) >= 11 is 15.6. The van der Waals surface area contributed by atoms with Crippen molar-refractivity contribution in [3.63, 3.8) is 0 Å². The first-order valence-electron chi connectivity index (χ1n) is 10.5. The van der Waals surface area contributed by atoms with Crippen LogP contribution in [0.3, 0.4) is 0 Å². The number of ether oxygens (including phenoxy) is 3. The smallest absolute Gasteiger partial charge is 0.278 e. The molecule has 0 saturated carbocycles. The molecule has 1 amide bonds.